The molecule has 6 aliphatic rings. The van der Waals surface area contributed by atoms with E-state index in [-0.39, 0.29) is 17.5 Å². The maximum Gasteiger partial charge on any atom is 0.252 e. The second kappa shape index (κ2) is 11.9. The molecule has 2 fully saturated rings. The lowest BCUT2D eigenvalue weighted by Crippen LogP contribution is -2.61. The van der Waals surface area contributed by atoms with Crippen LogP contribution >= 0.6 is 0 Å². The van der Waals surface area contributed by atoms with Crippen LogP contribution in [0.4, 0.5) is 34.1 Å². The van der Waals surface area contributed by atoms with Gasteiger partial charge >= 0.3 is 0 Å². The van der Waals surface area contributed by atoms with E-state index in [0.717, 1.165) is 0 Å². The Morgan fingerprint density at radius 2 is 0.895 bits per heavy atom. The zero-order valence-electron chi connectivity index (χ0n) is 32.5. The van der Waals surface area contributed by atoms with Crippen LogP contribution in [0.1, 0.15) is 86.5 Å². The van der Waals surface area contributed by atoms with Gasteiger partial charge in [0.1, 0.15) is 0 Å². The van der Waals surface area contributed by atoms with Gasteiger partial charge in [-0.3, -0.25) is 0 Å². The van der Waals surface area contributed by atoms with E-state index in [9.17, 15) is 0 Å². The minimum Gasteiger partial charge on any atom is -0.311 e. The number of para-hydroxylation sites is 3. The SMILES string of the molecule is c1ccc(N2c3ccccc3B3c4ccccc4N(c4cccc5c4-c4ccccc4C54CCCCC4)c4c3c2cc2c4-c3ccccc3C23CCCCC3)cc1. The van der Waals surface area contributed by atoms with Gasteiger partial charge in [0.05, 0.1) is 11.4 Å². The van der Waals surface area contributed by atoms with Crippen LogP contribution in [-0.2, 0) is 10.8 Å². The highest BCUT2D eigenvalue weighted by molar-refractivity contribution is 7.00. The van der Waals surface area contributed by atoms with Gasteiger partial charge in [0.15, 0.2) is 0 Å². The molecular formula is C54H45BN2. The molecule has 274 valence electrons. The predicted molar refractivity (Wildman–Crippen MR) is 239 cm³/mol. The Kier molecular flexibility index (Phi) is 6.73. The molecule has 2 saturated carbocycles. The number of benzene rings is 7. The summed E-state index contributed by atoms with van der Waals surface area (Å²) in [6, 6.07) is 58.9. The van der Waals surface area contributed by atoms with Gasteiger partial charge in [-0.05, 0) is 112 Å². The van der Waals surface area contributed by atoms with Gasteiger partial charge in [-0.2, -0.15) is 0 Å². The highest BCUT2D eigenvalue weighted by Gasteiger charge is 2.52. The summed E-state index contributed by atoms with van der Waals surface area (Å²) in [4.78, 5) is 5.38. The van der Waals surface area contributed by atoms with Crippen LogP contribution < -0.4 is 26.2 Å². The summed E-state index contributed by atoms with van der Waals surface area (Å²) in [7, 11) is 0. The Balaban J connectivity index is 1.20. The summed E-state index contributed by atoms with van der Waals surface area (Å²) in [5.41, 5.74) is 24.2. The van der Waals surface area contributed by atoms with E-state index in [1.807, 2.05) is 0 Å². The number of rotatable bonds is 2. The molecule has 13 rings (SSSR count). The molecule has 2 nitrogen and oxygen atoms in total. The fraction of sp³-hybridized carbons (Fsp3) is 0.222. The van der Waals surface area contributed by atoms with Gasteiger partial charge in [-0.15, -0.1) is 0 Å². The molecule has 0 aromatic heterocycles. The Morgan fingerprint density at radius 3 is 1.56 bits per heavy atom. The highest BCUT2D eigenvalue weighted by atomic mass is 15.2. The molecule has 0 amide bonds. The minimum atomic E-state index is 0.00452. The highest BCUT2D eigenvalue weighted by Crippen LogP contribution is 2.63. The maximum atomic E-state index is 2.77. The van der Waals surface area contributed by atoms with Crippen molar-refractivity contribution in [3.63, 3.8) is 0 Å². The van der Waals surface area contributed by atoms with Crippen molar-refractivity contribution >= 4 is 57.2 Å². The van der Waals surface area contributed by atoms with Crippen molar-refractivity contribution in [1.82, 2.24) is 0 Å². The number of hydrogen-bond acceptors (Lipinski definition) is 2. The molecule has 7 aromatic carbocycles. The van der Waals surface area contributed by atoms with Gasteiger partial charge in [0.2, 0.25) is 0 Å². The molecular weight excluding hydrogens is 687 g/mol. The molecule has 0 bridgehead atoms. The summed E-state index contributed by atoms with van der Waals surface area (Å²) in [5, 5.41) is 0. The van der Waals surface area contributed by atoms with Crippen molar-refractivity contribution in [3.05, 3.63) is 174 Å². The molecule has 0 saturated heterocycles. The lowest BCUT2D eigenvalue weighted by atomic mass is 9.33. The molecule has 2 heterocycles. The van der Waals surface area contributed by atoms with Crippen LogP contribution in [-0.4, -0.2) is 6.71 Å². The monoisotopic (exact) mass is 732 g/mol. The van der Waals surface area contributed by atoms with Gasteiger partial charge in [0.25, 0.3) is 6.71 Å². The molecule has 0 unspecified atom stereocenters. The largest absolute Gasteiger partial charge is 0.311 e. The lowest BCUT2D eigenvalue weighted by Gasteiger charge is -2.46. The first-order chi connectivity index (χ1) is 28.3. The van der Waals surface area contributed by atoms with Crippen LogP contribution in [0.2, 0.25) is 0 Å². The van der Waals surface area contributed by atoms with Crippen molar-refractivity contribution in [1.29, 1.82) is 0 Å². The summed E-state index contributed by atoms with van der Waals surface area (Å²) in [6.07, 6.45) is 12.6. The lowest BCUT2D eigenvalue weighted by molar-refractivity contribution is 0.353. The third-order valence-corrected chi connectivity index (χ3v) is 15.2. The molecule has 3 heteroatoms. The molecule has 0 atom stereocenters. The summed E-state index contributed by atoms with van der Waals surface area (Å²) in [5.74, 6) is 0. The minimum absolute atomic E-state index is 0.00452. The third-order valence-electron chi connectivity index (χ3n) is 15.2. The van der Waals surface area contributed by atoms with E-state index >= 15 is 0 Å². The Morgan fingerprint density at radius 1 is 0.386 bits per heavy atom. The first kappa shape index (κ1) is 32.3. The maximum absolute atomic E-state index is 2.77. The Bertz CT molecular complexity index is 2790. The molecule has 2 aliphatic heterocycles. The number of fused-ring (bicyclic) bond motifs is 15. The Hall–Kier alpha value is -5.80. The van der Waals surface area contributed by atoms with E-state index < -0.39 is 0 Å². The van der Waals surface area contributed by atoms with E-state index in [4.69, 9.17) is 0 Å². The van der Waals surface area contributed by atoms with E-state index in [2.05, 4.69) is 161 Å². The normalized spacial score (nSPS) is 18.4. The molecule has 0 radical (unpaired) electrons. The smallest absolute Gasteiger partial charge is 0.252 e. The number of anilines is 6. The Labute approximate surface area is 336 Å². The van der Waals surface area contributed by atoms with Crippen LogP contribution in [0, 0.1) is 0 Å². The van der Waals surface area contributed by atoms with Crippen molar-refractivity contribution in [2.75, 3.05) is 9.80 Å². The first-order valence-electron chi connectivity index (χ1n) is 21.7. The standard InChI is InChI=1S/C54H45BN2/c1-4-19-36(20-5-1)56-45-28-12-10-26-43(45)55-44-27-11-13-29-46(44)57(47-30-18-25-41-49(47)37-21-6-8-23-39(37)53(41)31-14-2-15-32-53)52-50-38-22-7-9-24-40(38)54(33-16-3-17-34-54)42(50)35-48(56)51(52)55/h1,4-13,18-30,35H,2-3,14-17,31-34H2. The van der Waals surface area contributed by atoms with Crippen LogP contribution in [0.25, 0.3) is 22.3 Å². The summed E-state index contributed by atoms with van der Waals surface area (Å²) < 4.78 is 0. The van der Waals surface area contributed by atoms with Crippen molar-refractivity contribution in [2.24, 2.45) is 0 Å². The average Bonchev–Trinajstić information content (AvgIpc) is 3.70. The zero-order valence-corrected chi connectivity index (χ0v) is 32.5. The first-order valence-corrected chi connectivity index (χ1v) is 21.7. The van der Waals surface area contributed by atoms with E-state index in [0.29, 0.717) is 0 Å². The van der Waals surface area contributed by atoms with Crippen molar-refractivity contribution < 1.29 is 0 Å². The summed E-state index contributed by atoms with van der Waals surface area (Å²) >= 11 is 0. The van der Waals surface area contributed by atoms with Crippen molar-refractivity contribution in [2.45, 2.75) is 75.0 Å². The average molecular weight is 733 g/mol. The third kappa shape index (κ3) is 4.12. The number of hydrogen-bond donors (Lipinski definition) is 0. The van der Waals surface area contributed by atoms with Crippen LogP contribution in [0.5, 0.6) is 0 Å². The van der Waals surface area contributed by atoms with Crippen molar-refractivity contribution in [3.8, 4) is 22.3 Å². The molecule has 2 spiro atoms. The molecule has 4 aliphatic carbocycles. The fourth-order valence-corrected chi connectivity index (χ4v) is 13.1. The molecule has 57 heavy (non-hydrogen) atoms. The van der Waals surface area contributed by atoms with Gasteiger partial charge < -0.3 is 9.80 Å². The topological polar surface area (TPSA) is 6.48 Å². The molecule has 0 N–H and O–H groups in total. The van der Waals surface area contributed by atoms with Gasteiger partial charge in [-0.25, -0.2) is 0 Å². The predicted octanol–water partition coefficient (Wildman–Crippen LogP) is 12.2. The van der Waals surface area contributed by atoms with Gasteiger partial charge in [-0.1, -0.05) is 154 Å². The second-order valence-electron chi connectivity index (χ2n) is 17.7. The van der Waals surface area contributed by atoms with E-state index in [1.165, 1.54) is 143 Å². The fourth-order valence-electron chi connectivity index (χ4n) is 13.1. The quantitative estimate of drug-likeness (QED) is 0.163. The zero-order chi connectivity index (χ0) is 37.3. The van der Waals surface area contributed by atoms with Crippen LogP contribution in [0.3, 0.4) is 0 Å². The summed E-state index contributed by atoms with van der Waals surface area (Å²) in [6.45, 7) is 0.104. The van der Waals surface area contributed by atoms with E-state index in [1.54, 1.807) is 16.7 Å². The second-order valence-corrected chi connectivity index (χ2v) is 17.7. The number of nitrogens with zero attached hydrogens (tertiary/aromatic N) is 2. The molecule has 7 aromatic rings. The van der Waals surface area contributed by atoms with Crippen LogP contribution in [0.15, 0.2) is 152 Å². The van der Waals surface area contributed by atoms with Gasteiger partial charge in [0, 0.05) is 44.7 Å².